The fourth-order valence-electron chi connectivity index (χ4n) is 2.70. The van der Waals surface area contributed by atoms with Crippen molar-refractivity contribution >= 4 is 41.3 Å². The molecule has 3 aromatic rings. The molecule has 2 amide bonds. The van der Waals surface area contributed by atoms with Gasteiger partial charge in [0, 0.05) is 26.2 Å². The summed E-state index contributed by atoms with van der Waals surface area (Å²) in [6, 6.07) is 5.71. The van der Waals surface area contributed by atoms with Crippen LogP contribution in [-0.4, -0.2) is 68.3 Å². The number of carbonyl (C=O) groups is 2. The van der Waals surface area contributed by atoms with Gasteiger partial charge in [-0.3, -0.25) is 9.59 Å². The van der Waals surface area contributed by atoms with Crippen LogP contribution in [0.4, 0.5) is 16.3 Å². The minimum absolute atomic E-state index is 0.0379. The number of hydrogen-bond donors (Lipinski definition) is 4. The zero-order valence-corrected chi connectivity index (χ0v) is 18.5. The van der Waals surface area contributed by atoms with Crippen molar-refractivity contribution in [2.24, 2.45) is 0 Å². The van der Waals surface area contributed by atoms with Crippen molar-refractivity contribution in [1.29, 1.82) is 0 Å². The number of nitrogens with one attached hydrogen (secondary N) is 4. The lowest BCUT2D eigenvalue weighted by molar-refractivity contribution is -0.118. The van der Waals surface area contributed by atoms with Gasteiger partial charge in [0.15, 0.2) is 5.16 Å². The molecular weight excluding hydrogens is 437 g/mol. The predicted octanol–water partition coefficient (Wildman–Crippen LogP) is 1.16. The highest BCUT2D eigenvalue weighted by atomic mass is 32.2. The molecule has 4 N–H and O–H groups in total. The molecule has 13 heteroatoms. The highest BCUT2D eigenvalue weighted by molar-refractivity contribution is 7.99. The molecule has 1 aromatic carbocycles. The topological polar surface area (TPSA) is 138 Å². The first-order valence-corrected chi connectivity index (χ1v) is 11.0. The molecule has 0 spiro atoms. The van der Waals surface area contributed by atoms with E-state index in [0.29, 0.717) is 35.9 Å². The van der Waals surface area contributed by atoms with Crippen LogP contribution in [0.15, 0.2) is 29.4 Å². The number of carbonyl (C=O) groups excluding carboxylic acids is 2. The number of anilines is 2. The van der Waals surface area contributed by atoms with Crippen molar-refractivity contribution in [1.82, 2.24) is 35.2 Å². The van der Waals surface area contributed by atoms with Crippen LogP contribution in [0.3, 0.4) is 0 Å². The number of benzene rings is 1. The van der Waals surface area contributed by atoms with Crippen LogP contribution in [0.2, 0.25) is 0 Å². The van der Waals surface area contributed by atoms with E-state index >= 15 is 0 Å². The second kappa shape index (κ2) is 11.2. The Hall–Kier alpha value is -3.48. The minimum Gasteiger partial charge on any atom is -0.355 e. The zero-order chi connectivity index (χ0) is 22.9. The second-order valence-electron chi connectivity index (χ2n) is 6.42. The van der Waals surface area contributed by atoms with E-state index < -0.39 is 11.7 Å². The molecule has 3 rings (SSSR count). The van der Waals surface area contributed by atoms with Gasteiger partial charge in [-0.05, 0) is 26.0 Å². The first kappa shape index (κ1) is 23.2. The fourth-order valence-corrected chi connectivity index (χ4v) is 3.46. The van der Waals surface area contributed by atoms with Crippen molar-refractivity contribution in [2.45, 2.75) is 19.0 Å². The van der Waals surface area contributed by atoms with Gasteiger partial charge in [0.05, 0.1) is 11.3 Å². The Labute approximate surface area is 188 Å². The van der Waals surface area contributed by atoms with Crippen molar-refractivity contribution in [2.75, 3.05) is 42.6 Å². The summed E-state index contributed by atoms with van der Waals surface area (Å²) in [6.07, 6.45) is 0. The summed E-state index contributed by atoms with van der Waals surface area (Å²) in [7, 11) is 0. The zero-order valence-electron chi connectivity index (χ0n) is 17.7. The quantitative estimate of drug-likeness (QED) is 0.245. The van der Waals surface area contributed by atoms with Gasteiger partial charge in [-0.2, -0.15) is 9.97 Å². The highest BCUT2D eigenvalue weighted by Gasteiger charge is 2.16. The summed E-state index contributed by atoms with van der Waals surface area (Å²) in [5.74, 6) is 0.0433. The number of nitrogens with zero attached hydrogens (tertiary/aromatic N) is 5. The standard InChI is InChI=1S/C19H24FN9O2S/c1-3-21-16-25-17(22-4-2)29-18(26-16)27-28-19(29)32-11-14(30)23-9-10-24-15(31)12-7-5-6-8-13(12)20/h5-8H,3-4,9-11H2,1-2H3,(H,23,30)(H,24,31)(H2,21,22,25,26,27). The van der Waals surface area contributed by atoms with Crippen LogP contribution >= 0.6 is 11.8 Å². The third-order valence-corrected chi connectivity index (χ3v) is 5.03. The Bertz CT molecular complexity index is 1090. The molecule has 0 fully saturated rings. The van der Waals surface area contributed by atoms with Gasteiger partial charge in [0.25, 0.3) is 11.7 Å². The normalized spacial score (nSPS) is 10.7. The third kappa shape index (κ3) is 5.81. The molecule has 0 radical (unpaired) electrons. The van der Waals surface area contributed by atoms with E-state index in [4.69, 9.17) is 0 Å². The van der Waals surface area contributed by atoms with Crippen LogP contribution < -0.4 is 21.3 Å². The second-order valence-corrected chi connectivity index (χ2v) is 7.37. The van der Waals surface area contributed by atoms with E-state index in [1.807, 2.05) is 13.8 Å². The molecule has 32 heavy (non-hydrogen) atoms. The molecule has 0 saturated carbocycles. The van der Waals surface area contributed by atoms with Crippen molar-refractivity contribution < 1.29 is 14.0 Å². The number of halogens is 1. The first-order chi connectivity index (χ1) is 15.5. The van der Waals surface area contributed by atoms with Crippen LogP contribution in [0.5, 0.6) is 0 Å². The van der Waals surface area contributed by atoms with Crippen molar-refractivity contribution in [3.8, 4) is 0 Å². The highest BCUT2D eigenvalue weighted by Crippen LogP contribution is 2.20. The largest absolute Gasteiger partial charge is 0.355 e. The lowest BCUT2D eigenvalue weighted by atomic mass is 10.2. The van der Waals surface area contributed by atoms with Crippen molar-refractivity contribution in [3.05, 3.63) is 35.6 Å². The Balaban J connectivity index is 1.51. The predicted molar refractivity (Wildman–Crippen MR) is 119 cm³/mol. The van der Waals surface area contributed by atoms with Gasteiger partial charge in [-0.25, -0.2) is 8.79 Å². The molecule has 11 nitrogen and oxygen atoms in total. The summed E-state index contributed by atoms with van der Waals surface area (Å²) in [5.41, 5.74) is -0.0379. The Kier molecular flexibility index (Phi) is 8.14. The minimum atomic E-state index is -0.593. The van der Waals surface area contributed by atoms with E-state index in [-0.39, 0.29) is 30.3 Å². The van der Waals surface area contributed by atoms with Crippen LogP contribution in [-0.2, 0) is 4.79 Å². The molecule has 0 atom stereocenters. The van der Waals surface area contributed by atoms with E-state index in [0.717, 1.165) is 0 Å². The molecule has 0 bridgehead atoms. The molecule has 0 aliphatic carbocycles. The summed E-state index contributed by atoms with van der Waals surface area (Å²) in [6.45, 7) is 5.56. The Morgan fingerprint density at radius 2 is 1.78 bits per heavy atom. The van der Waals surface area contributed by atoms with E-state index in [1.54, 1.807) is 10.5 Å². The molecule has 0 saturated heterocycles. The molecule has 2 aromatic heterocycles. The molecule has 0 unspecified atom stereocenters. The maximum Gasteiger partial charge on any atom is 0.261 e. The number of aromatic nitrogens is 5. The molecule has 0 aliphatic heterocycles. The van der Waals surface area contributed by atoms with Gasteiger partial charge in [-0.15, -0.1) is 10.2 Å². The smallest absolute Gasteiger partial charge is 0.261 e. The summed E-state index contributed by atoms with van der Waals surface area (Å²) >= 11 is 1.19. The van der Waals surface area contributed by atoms with Crippen LogP contribution in [0.1, 0.15) is 24.2 Å². The third-order valence-electron chi connectivity index (χ3n) is 4.10. The Morgan fingerprint density at radius 1 is 1.03 bits per heavy atom. The molecule has 2 heterocycles. The fraction of sp³-hybridized carbons (Fsp3) is 0.368. The lowest BCUT2D eigenvalue weighted by Gasteiger charge is -2.10. The van der Waals surface area contributed by atoms with Crippen LogP contribution in [0, 0.1) is 5.82 Å². The maximum absolute atomic E-state index is 13.6. The molecule has 0 aliphatic rings. The number of hydrogen-bond acceptors (Lipinski definition) is 9. The molecular formula is C19H24FN9O2S. The first-order valence-electron chi connectivity index (χ1n) is 10.1. The number of thioether (sulfide) groups is 1. The summed E-state index contributed by atoms with van der Waals surface area (Å²) in [4.78, 5) is 32.9. The number of fused-ring (bicyclic) bond motifs is 1. The van der Waals surface area contributed by atoms with Gasteiger partial charge in [-0.1, -0.05) is 23.9 Å². The van der Waals surface area contributed by atoms with Gasteiger partial charge >= 0.3 is 0 Å². The monoisotopic (exact) mass is 461 g/mol. The SMILES string of the molecule is CCNc1nc(NCC)n2c(SCC(=O)NCCNC(=O)c3ccccc3F)nnc2n1. The van der Waals surface area contributed by atoms with E-state index in [1.165, 1.54) is 30.0 Å². The van der Waals surface area contributed by atoms with Crippen LogP contribution in [0.25, 0.3) is 5.78 Å². The number of rotatable bonds is 11. The maximum atomic E-state index is 13.6. The van der Waals surface area contributed by atoms with Gasteiger partial charge < -0.3 is 21.3 Å². The van der Waals surface area contributed by atoms with Crippen molar-refractivity contribution in [3.63, 3.8) is 0 Å². The average Bonchev–Trinajstić information content (AvgIpc) is 3.19. The summed E-state index contributed by atoms with van der Waals surface area (Å²) < 4.78 is 15.2. The lowest BCUT2D eigenvalue weighted by Crippen LogP contribution is -2.35. The van der Waals surface area contributed by atoms with Gasteiger partial charge in [0.2, 0.25) is 17.8 Å². The average molecular weight is 462 g/mol. The van der Waals surface area contributed by atoms with E-state index in [2.05, 4.69) is 41.4 Å². The summed E-state index contributed by atoms with van der Waals surface area (Å²) in [5, 5.41) is 20.1. The number of amides is 2. The van der Waals surface area contributed by atoms with Gasteiger partial charge in [0.1, 0.15) is 5.82 Å². The molecule has 170 valence electrons. The Morgan fingerprint density at radius 3 is 2.53 bits per heavy atom. The van der Waals surface area contributed by atoms with E-state index in [9.17, 15) is 14.0 Å².